The number of nitrogens with one attached hydrogen (secondary N) is 1. The molecule has 1 aromatic carbocycles. The number of halogens is 2. The molecule has 3 rings (SSSR count). The van der Waals surface area contributed by atoms with Crippen molar-refractivity contribution < 1.29 is 27.9 Å². The third kappa shape index (κ3) is 2.53. The quantitative estimate of drug-likeness (QED) is 0.845. The van der Waals surface area contributed by atoms with Gasteiger partial charge >= 0.3 is 0 Å². The molecule has 0 spiro atoms. The van der Waals surface area contributed by atoms with Gasteiger partial charge in [0.05, 0.1) is 18.6 Å². The van der Waals surface area contributed by atoms with Crippen molar-refractivity contribution in [3.05, 3.63) is 23.3 Å². The van der Waals surface area contributed by atoms with E-state index in [9.17, 15) is 13.9 Å². The highest BCUT2D eigenvalue weighted by Crippen LogP contribution is 2.35. The first-order valence-corrected chi connectivity index (χ1v) is 6.94. The van der Waals surface area contributed by atoms with Gasteiger partial charge in [0, 0.05) is 5.56 Å². The van der Waals surface area contributed by atoms with E-state index in [2.05, 4.69) is 10.5 Å². The van der Waals surface area contributed by atoms with E-state index >= 15 is 0 Å². The minimum Gasteiger partial charge on any atom is -0.371 e. The van der Waals surface area contributed by atoms with E-state index < -0.39 is 23.6 Å². The summed E-state index contributed by atoms with van der Waals surface area (Å²) in [4.78, 5) is 0. The lowest BCUT2D eigenvalue weighted by Gasteiger charge is -2.22. The molecule has 1 atom stereocenters. The highest BCUT2D eigenvalue weighted by molar-refractivity contribution is 5.89. The average molecular weight is 314 g/mol. The molecule has 1 aliphatic heterocycles. The van der Waals surface area contributed by atoms with Crippen LogP contribution in [0.3, 0.4) is 0 Å². The number of anilines is 1. The zero-order valence-corrected chi connectivity index (χ0v) is 12.2. The highest BCUT2D eigenvalue weighted by atomic mass is 19.2. The van der Waals surface area contributed by atoms with E-state index in [-0.39, 0.29) is 22.4 Å². The van der Waals surface area contributed by atoms with Crippen LogP contribution >= 0.6 is 0 Å². The molecular formula is C14H16F2N2O4. The molecular weight excluding hydrogens is 298 g/mol. The Balaban J connectivity index is 2.09. The molecule has 1 saturated heterocycles. The molecule has 1 fully saturated rings. The van der Waals surface area contributed by atoms with Gasteiger partial charge < -0.3 is 24.4 Å². The highest BCUT2D eigenvalue weighted by Gasteiger charge is 2.29. The maximum absolute atomic E-state index is 14.1. The van der Waals surface area contributed by atoms with Crippen molar-refractivity contribution in [1.82, 2.24) is 5.16 Å². The summed E-state index contributed by atoms with van der Waals surface area (Å²) in [6, 6.07) is 1.36. The second-order valence-corrected chi connectivity index (χ2v) is 5.33. The molecule has 2 N–H and O–H groups in total. The number of ether oxygens (including phenoxy) is 2. The first kappa shape index (κ1) is 15.1. The van der Waals surface area contributed by atoms with Gasteiger partial charge in [0.2, 0.25) is 11.4 Å². The number of rotatable bonds is 4. The molecule has 1 aliphatic rings. The lowest BCUT2D eigenvalue weighted by Crippen LogP contribution is -2.33. The topological polar surface area (TPSA) is 76.8 Å². The number of hydrogen-bond donors (Lipinski definition) is 2. The predicted octanol–water partition coefficient (Wildman–Crippen LogP) is 2.68. The maximum atomic E-state index is 14.1. The predicted molar refractivity (Wildman–Crippen MR) is 73.1 cm³/mol. The van der Waals surface area contributed by atoms with Gasteiger partial charge in [-0.15, -0.1) is 0 Å². The van der Waals surface area contributed by atoms with E-state index in [0.717, 1.165) is 0 Å². The average Bonchev–Trinajstić information content (AvgIpc) is 3.12. The summed E-state index contributed by atoms with van der Waals surface area (Å²) in [6.45, 7) is 3.92. The molecule has 0 aliphatic carbocycles. The summed E-state index contributed by atoms with van der Waals surface area (Å²) in [5, 5.41) is 16.7. The van der Waals surface area contributed by atoms with Crippen LogP contribution in [0.4, 0.5) is 14.6 Å². The molecule has 1 aromatic heterocycles. The Kier molecular flexibility index (Phi) is 3.75. The second kappa shape index (κ2) is 5.45. The van der Waals surface area contributed by atoms with Gasteiger partial charge in [0.1, 0.15) is 5.72 Å². The molecule has 8 heteroatoms. The Morgan fingerprint density at radius 2 is 2.05 bits per heavy atom. The van der Waals surface area contributed by atoms with Gasteiger partial charge in [-0.2, -0.15) is 4.39 Å². The van der Waals surface area contributed by atoms with Crippen molar-refractivity contribution in [3.8, 4) is 0 Å². The van der Waals surface area contributed by atoms with E-state index in [4.69, 9.17) is 14.0 Å². The summed E-state index contributed by atoms with van der Waals surface area (Å²) in [6.07, 6.45) is -0.583. The number of benzene rings is 1. The zero-order chi connectivity index (χ0) is 15.9. The van der Waals surface area contributed by atoms with E-state index in [1.807, 2.05) is 0 Å². The smallest absolute Gasteiger partial charge is 0.207 e. The summed E-state index contributed by atoms with van der Waals surface area (Å²) in [5.74, 6) is -2.13. The fraction of sp³-hybridized carbons (Fsp3) is 0.500. The van der Waals surface area contributed by atoms with Gasteiger partial charge in [0.15, 0.2) is 17.9 Å². The first-order chi connectivity index (χ1) is 10.4. The molecule has 0 radical (unpaired) electrons. The van der Waals surface area contributed by atoms with E-state index in [0.29, 0.717) is 19.6 Å². The monoisotopic (exact) mass is 314 g/mol. The summed E-state index contributed by atoms with van der Waals surface area (Å²) >= 11 is 0. The van der Waals surface area contributed by atoms with Gasteiger partial charge in [-0.25, -0.2) is 4.39 Å². The van der Waals surface area contributed by atoms with E-state index in [1.165, 1.54) is 13.0 Å². The fourth-order valence-electron chi connectivity index (χ4n) is 2.18. The van der Waals surface area contributed by atoms with Crippen molar-refractivity contribution >= 4 is 16.8 Å². The number of aromatic nitrogens is 1. The maximum Gasteiger partial charge on any atom is 0.207 e. The van der Waals surface area contributed by atoms with Crippen LogP contribution in [0.1, 0.15) is 32.1 Å². The molecule has 2 aromatic rings. The Labute approximate surface area is 125 Å². The minimum absolute atomic E-state index is 0.0649. The van der Waals surface area contributed by atoms with Gasteiger partial charge in [0.25, 0.3) is 0 Å². The van der Waals surface area contributed by atoms with Crippen LogP contribution in [0.25, 0.3) is 11.0 Å². The molecule has 0 unspecified atom stereocenters. The molecule has 0 saturated carbocycles. The van der Waals surface area contributed by atoms with Crippen molar-refractivity contribution in [1.29, 1.82) is 0 Å². The fourth-order valence-corrected chi connectivity index (χ4v) is 2.18. The molecule has 120 valence electrons. The van der Waals surface area contributed by atoms with Crippen LogP contribution in [-0.2, 0) is 9.47 Å². The Morgan fingerprint density at radius 1 is 1.36 bits per heavy atom. The van der Waals surface area contributed by atoms with Gasteiger partial charge in [-0.1, -0.05) is 12.1 Å². The van der Waals surface area contributed by atoms with Crippen LogP contribution in [0.15, 0.2) is 10.6 Å². The van der Waals surface area contributed by atoms with Gasteiger partial charge in [-0.3, -0.25) is 0 Å². The zero-order valence-electron chi connectivity index (χ0n) is 12.2. The lowest BCUT2D eigenvalue weighted by atomic mass is 10.1. The molecule has 0 amide bonds. The summed E-state index contributed by atoms with van der Waals surface area (Å²) in [5.41, 5.74) is -1.65. The van der Waals surface area contributed by atoms with Crippen LogP contribution in [0.2, 0.25) is 0 Å². The lowest BCUT2D eigenvalue weighted by molar-refractivity contribution is -0.0467. The summed E-state index contributed by atoms with van der Waals surface area (Å²) < 4.78 is 43.5. The number of aliphatic hydroxyl groups is 1. The Hall–Kier alpha value is -1.77. The van der Waals surface area contributed by atoms with Crippen LogP contribution in [-0.4, -0.2) is 29.2 Å². The SMILES string of the molecule is CC[C@@](C)(O)Nc1noc2c(F)c(F)c(C3OCCO3)cc12. The third-order valence-corrected chi connectivity index (χ3v) is 3.63. The number of hydrogen-bond acceptors (Lipinski definition) is 6. The molecule has 6 nitrogen and oxygen atoms in total. The summed E-state index contributed by atoms with van der Waals surface area (Å²) in [7, 11) is 0. The molecule has 22 heavy (non-hydrogen) atoms. The minimum atomic E-state index is -1.25. The third-order valence-electron chi connectivity index (χ3n) is 3.63. The van der Waals surface area contributed by atoms with Crippen molar-refractivity contribution in [3.63, 3.8) is 0 Å². The number of fused-ring (bicyclic) bond motifs is 1. The molecule has 2 heterocycles. The normalized spacial score (nSPS) is 18.8. The van der Waals surface area contributed by atoms with Crippen molar-refractivity contribution in [2.45, 2.75) is 32.3 Å². The number of nitrogens with zero attached hydrogens (tertiary/aromatic N) is 1. The second-order valence-electron chi connectivity index (χ2n) is 5.33. The van der Waals surface area contributed by atoms with Crippen LogP contribution < -0.4 is 5.32 Å². The van der Waals surface area contributed by atoms with E-state index in [1.54, 1.807) is 6.92 Å². The first-order valence-electron chi connectivity index (χ1n) is 6.94. The standard InChI is InChI=1S/C14H16F2N2O4/c1-3-14(2,19)17-12-8-6-7(13-20-4-5-21-13)9(15)10(16)11(8)22-18-12/h6,13,19H,3-5H2,1-2H3,(H,17,18)/t14-/m1/s1. The van der Waals surface area contributed by atoms with Crippen molar-refractivity contribution in [2.24, 2.45) is 0 Å². The van der Waals surface area contributed by atoms with Gasteiger partial charge in [-0.05, 0) is 19.4 Å². The Bertz CT molecular complexity index is 696. The van der Waals surface area contributed by atoms with Crippen LogP contribution in [0, 0.1) is 11.6 Å². The van der Waals surface area contributed by atoms with Crippen LogP contribution in [0.5, 0.6) is 0 Å². The Morgan fingerprint density at radius 3 is 2.68 bits per heavy atom. The largest absolute Gasteiger partial charge is 0.371 e. The van der Waals surface area contributed by atoms with Crippen molar-refractivity contribution in [2.75, 3.05) is 18.5 Å². The molecule has 0 bridgehead atoms.